The molecule has 0 fully saturated rings. The second-order valence-corrected chi connectivity index (χ2v) is 11.8. The Hall–Kier alpha value is -3.07. The lowest BCUT2D eigenvalue weighted by Crippen LogP contribution is -2.29. The quantitative estimate of drug-likeness (QED) is 0.119. The Bertz CT molecular complexity index is 1060. The normalized spacial score (nSPS) is 12.8. The van der Waals surface area contributed by atoms with Gasteiger partial charge in [-0.3, -0.25) is 0 Å². The zero-order valence-corrected chi connectivity index (χ0v) is 25.7. The Labute approximate surface area is 245 Å². The fraction of sp³-hybridized carbons (Fsp3) is 0.562. The number of ether oxygens (including phenoxy) is 4. The molecule has 0 spiro atoms. The molecule has 2 unspecified atom stereocenters. The van der Waals surface area contributed by atoms with Crippen LogP contribution < -0.4 is 9.47 Å². The third-order valence-electron chi connectivity index (χ3n) is 6.56. The Morgan fingerprint density at radius 3 is 1.27 bits per heavy atom. The van der Waals surface area contributed by atoms with Crippen molar-refractivity contribution in [3.8, 4) is 11.5 Å². The van der Waals surface area contributed by atoms with Crippen molar-refractivity contribution < 1.29 is 37.0 Å². The highest BCUT2D eigenvalue weighted by Gasteiger charge is 2.24. The van der Waals surface area contributed by atoms with Crippen LogP contribution in [0.4, 0.5) is 0 Å². The molecule has 0 aromatic heterocycles. The van der Waals surface area contributed by atoms with Gasteiger partial charge in [0.15, 0.2) is 12.2 Å². The summed E-state index contributed by atoms with van der Waals surface area (Å²) in [4.78, 5) is 25.0. The number of carbonyl (C=O) groups excluding carboxylic acids is 2. The van der Waals surface area contributed by atoms with Crippen molar-refractivity contribution in [3.05, 3.63) is 48.5 Å². The molecule has 0 heterocycles. The standard InChI is InChI=1S/C32H46O8S/c1-5-9-11-13-15-29(31(33)37-7-3)39-25-17-21-27(22-18-25)41(35,36)28-23-19-26(20-24-28)40-30(32(34)38-8-4)16-14-12-10-6-2/h17-24,29-30H,5-16H2,1-4H3. The van der Waals surface area contributed by atoms with E-state index in [1.165, 1.54) is 24.3 Å². The van der Waals surface area contributed by atoms with E-state index in [-0.39, 0.29) is 23.0 Å². The number of hydrogen-bond donors (Lipinski definition) is 0. The van der Waals surface area contributed by atoms with Gasteiger partial charge < -0.3 is 18.9 Å². The van der Waals surface area contributed by atoms with Gasteiger partial charge in [0.1, 0.15) is 11.5 Å². The minimum Gasteiger partial charge on any atom is -0.479 e. The second-order valence-electron chi connectivity index (χ2n) is 9.86. The molecule has 0 radical (unpaired) electrons. The first-order chi connectivity index (χ1) is 19.8. The first kappa shape index (κ1) is 34.1. The van der Waals surface area contributed by atoms with E-state index in [0.717, 1.165) is 51.4 Å². The number of hydrogen-bond acceptors (Lipinski definition) is 8. The average Bonchev–Trinajstić information content (AvgIpc) is 2.97. The second kappa shape index (κ2) is 18.4. The van der Waals surface area contributed by atoms with Crippen LogP contribution in [0.3, 0.4) is 0 Å². The minimum atomic E-state index is -3.81. The molecule has 2 atom stereocenters. The predicted octanol–water partition coefficient (Wildman–Crippen LogP) is 7.08. The molecule has 0 aliphatic rings. The third-order valence-corrected chi connectivity index (χ3v) is 8.35. The van der Waals surface area contributed by atoms with E-state index < -0.39 is 34.0 Å². The maximum atomic E-state index is 13.3. The maximum absolute atomic E-state index is 13.3. The van der Waals surface area contributed by atoms with Crippen LogP contribution in [0.15, 0.2) is 58.3 Å². The molecule has 9 heteroatoms. The van der Waals surface area contributed by atoms with Gasteiger partial charge in [-0.2, -0.15) is 0 Å². The zero-order chi connectivity index (χ0) is 30.1. The van der Waals surface area contributed by atoms with Crippen LogP contribution in [0, 0.1) is 0 Å². The van der Waals surface area contributed by atoms with Crippen LogP contribution in [-0.2, 0) is 28.9 Å². The summed E-state index contributed by atoms with van der Waals surface area (Å²) in [6.07, 6.45) is 7.59. The van der Waals surface area contributed by atoms with E-state index in [9.17, 15) is 18.0 Å². The van der Waals surface area contributed by atoms with Gasteiger partial charge in [0.2, 0.25) is 9.84 Å². The summed E-state index contributed by atoms with van der Waals surface area (Å²) in [5.41, 5.74) is 0. The number of esters is 2. The molecular weight excluding hydrogens is 544 g/mol. The summed E-state index contributed by atoms with van der Waals surface area (Å²) in [6, 6.07) is 12.0. The summed E-state index contributed by atoms with van der Waals surface area (Å²) < 4.78 is 48.6. The van der Waals surface area contributed by atoms with Crippen LogP contribution in [0.5, 0.6) is 11.5 Å². The fourth-order valence-electron chi connectivity index (χ4n) is 4.29. The van der Waals surface area contributed by atoms with Gasteiger partial charge in [0, 0.05) is 0 Å². The van der Waals surface area contributed by atoms with Crippen molar-refractivity contribution in [2.45, 2.75) is 114 Å². The molecule has 0 saturated heterocycles. The van der Waals surface area contributed by atoms with E-state index >= 15 is 0 Å². The van der Waals surface area contributed by atoms with Crippen LogP contribution in [0.25, 0.3) is 0 Å². The van der Waals surface area contributed by atoms with Gasteiger partial charge in [-0.1, -0.05) is 52.4 Å². The number of rotatable bonds is 20. The predicted molar refractivity (Wildman–Crippen MR) is 158 cm³/mol. The topological polar surface area (TPSA) is 105 Å². The lowest BCUT2D eigenvalue weighted by atomic mass is 10.1. The zero-order valence-electron chi connectivity index (χ0n) is 24.9. The van der Waals surface area contributed by atoms with Crippen molar-refractivity contribution in [2.75, 3.05) is 13.2 Å². The summed E-state index contributed by atoms with van der Waals surface area (Å²) in [5.74, 6) is -0.0568. The highest BCUT2D eigenvalue weighted by molar-refractivity contribution is 7.91. The lowest BCUT2D eigenvalue weighted by molar-refractivity contribution is -0.152. The first-order valence-electron chi connectivity index (χ1n) is 14.9. The van der Waals surface area contributed by atoms with E-state index in [1.54, 1.807) is 38.1 Å². The van der Waals surface area contributed by atoms with E-state index in [1.807, 2.05) is 0 Å². The maximum Gasteiger partial charge on any atom is 0.347 e. The van der Waals surface area contributed by atoms with Crippen molar-refractivity contribution in [1.82, 2.24) is 0 Å². The molecule has 41 heavy (non-hydrogen) atoms. The smallest absolute Gasteiger partial charge is 0.347 e. The van der Waals surface area contributed by atoms with Crippen LogP contribution >= 0.6 is 0 Å². The van der Waals surface area contributed by atoms with E-state index in [4.69, 9.17) is 18.9 Å². The first-order valence-corrected chi connectivity index (χ1v) is 16.4. The van der Waals surface area contributed by atoms with Gasteiger partial charge in [0.25, 0.3) is 0 Å². The molecular formula is C32H46O8S. The van der Waals surface area contributed by atoms with Gasteiger partial charge in [-0.15, -0.1) is 0 Å². The number of carbonyl (C=O) groups is 2. The molecule has 0 saturated carbocycles. The van der Waals surface area contributed by atoms with Gasteiger partial charge in [0.05, 0.1) is 23.0 Å². The summed E-state index contributed by atoms with van der Waals surface area (Å²) >= 11 is 0. The average molecular weight is 591 g/mol. The van der Waals surface area contributed by atoms with Gasteiger partial charge in [-0.05, 0) is 88.1 Å². The van der Waals surface area contributed by atoms with E-state index in [2.05, 4.69) is 13.8 Å². The minimum absolute atomic E-state index is 0.0921. The molecule has 0 bridgehead atoms. The van der Waals surface area contributed by atoms with Crippen LogP contribution in [0.1, 0.15) is 91.9 Å². The summed E-state index contributed by atoms with van der Waals surface area (Å²) in [5, 5.41) is 0. The number of benzene rings is 2. The SMILES string of the molecule is CCCCCCC(Oc1ccc(S(=O)(=O)c2ccc(OC(CCCCCC)C(=O)OCC)cc2)cc1)C(=O)OCC. The van der Waals surface area contributed by atoms with Crippen molar-refractivity contribution in [1.29, 1.82) is 0 Å². The van der Waals surface area contributed by atoms with Crippen LogP contribution in [0.2, 0.25) is 0 Å². The highest BCUT2D eigenvalue weighted by Crippen LogP contribution is 2.27. The van der Waals surface area contributed by atoms with Crippen molar-refractivity contribution in [3.63, 3.8) is 0 Å². The lowest BCUT2D eigenvalue weighted by Gasteiger charge is -2.18. The molecule has 2 aromatic carbocycles. The molecule has 228 valence electrons. The number of sulfone groups is 1. The Balaban J connectivity index is 2.10. The Kier molecular flexibility index (Phi) is 15.3. The molecule has 8 nitrogen and oxygen atoms in total. The number of unbranched alkanes of at least 4 members (excludes halogenated alkanes) is 6. The highest BCUT2D eigenvalue weighted by atomic mass is 32.2. The molecule has 2 rings (SSSR count). The van der Waals surface area contributed by atoms with E-state index in [0.29, 0.717) is 24.3 Å². The molecule has 0 aliphatic carbocycles. The van der Waals surface area contributed by atoms with Crippen molar-refractivity contribution in [2.24, 2.45) is 0 Å². The monoisotopic (exact) mass is 590 g/mol. The van der Waals surface area contributed by atoms with Crippen molar-refractivity contribution >= 4 is 21.8 Å². The molecule has 2 aromatic rings. The summed E-state index contributed by atoms with van der Waals surface area (Å²) in [7, 11) is -3.81. The largest absolute Gasteiger partial charge is 0.479 e. The summed E-state index contributed by atoms with van der Waals surface area (Å²) in [6.45, 7) is 8.26. The molecule has 0 N–H and O–H groups in total. The third kappa shape index (κ3) is 11.4. The Morgan fingerprint density at radius 2 is 0.951 bits per heavy atom. The molecule has 0 amide bonds. The Morgan fingerprint density at radius 1 is 0.585 bits per heavy atom. The molecule has 0 aliphatic heterocycles. The van der Waals surface area contributed by atoms with Gasteiger partial charge >= 0.3 is 11.9 Å². The van der Waals surface area contributed by atoms with Gasteiger partial charge in [-0.25, -0.2) is 18.0 Å². The van der Waals surface area contributed by atoms with Crippen LogP contribution in [-0.4, -0.2) is 45.8 Å². The fourth-order valence-corrected chi connectivity index (χ4v) is 5.55.